The van der Waals surface area contributed by atoms with E-state index in [1.165, 1.54) is 6.07 Å². The van der Waals surface area contributed by atoms with Crippen LogP contribution < -0.4 is 4.72 Å². The highest BCUT2D eigenvalue weighted by Gasteiger charge is 2.34. The van der Waals surface area contributed by atoms with Crippen molar-refractivity contribution in [2.45, 2.75) is 13.1 Å². The number of aromatic nitrogens is 1. The highest BCUT2D eigenvalue weighted by molar-refractivity contribution is 7.81. The van der Waals surface area contributed by atoms with Gasteiger partial charge in [-0.05, 0) is 24.6 Å². The zero-order valence-corrected chi connectivity index (χ0v) is 10.9. The minimum Gasteiger partial charge on any atom is -0.317 e. The number of hydrogen-bond acceptors (Lipinski definition) is 3. The van der Waals surface area contributed by atoms with Crippen LogP contribution in [0.15, 0.2) is 36.4 Å². The van der Waals surface area contributed by atoms with Crippen LogP contribution in [0.5, 0.6) is 0 Å². The van der Waals surface area contributed by atoms with E-state index < -0.39 is 11.7 Å². The first-order valence-corrected chi connectivity index (χ1v) is 5.92. The number of thiol groups is 1. The number of halogens is 3. The van der Waals surface area contributed by atoms with Gasteiger partial charge < -0.3 is 4.72 Å². The summed E-state index contributed by atoms with van der Waals surface area (Å²) < 4.78 is 41.5. The Bertz CT molecular complexity index is 597. The molecular formula is C13H11F3N2S. The smallest absolute Gasteiger partial charge is 0.317 e. The molecule has 1 aromatic carbocycles. The van der Waals surface area contributed by atoms with Crippen LogP contribution in [0.1, 0.15) is 11.1 Å². The van der Waals surface area contributed by atoms with Crippen LogP contribution >= 0.6 is 12.8 Å². The van der Waals surface area contributed by atoms with E-state index in [4.69, 9.17) is 0 Å². The van der Waals surface area contributed by atoms with Gasteiger partial charge in [0.1, 0.15) is 5.82 Å². The van der Waals surface area contributed by atoms with Crippen LogP contribution in [0.3, 0.4) is 0 Å². The largest absolute Gasteiger partial charge is 0.418 e. The first-order valence-electron chi connectivity index (χ1n) is 5.48. The summed E-state index contributed by atoms with van der Waals surface area (Å²) in [5, 5.41) is 0. The molecule has 2 aromatic rings. The van der Waals surface area contributed by atoms with Crippen molar-refractivity contribution in [2.24, 2.45) is 0 Å². The van der Waals surface area contributed by atoms with Crippen LogP contribution in [0.25, 0.3) is 11.3 Å². The van der Waals surface area contributed by atoms with Gasteiger partial charge in [0.25, 0.3) is 0 Å². The predicted molar refractivity (Wildman–Crippen MR) is 72.0 cm³/mol. The first kappa shape index (κ1) is 13.7. The molecule has 0 saturated carbocycles. The lowest BCUT2D eigenvalue weighted by molar-refractivity contribution is -0.137. The normalized spacial score (nSPS) is 11.4. The minimum atomic E-state index is -4.44. The lowest BCUT2D eigenvalue weighted by atomic mass is 10.0. The molecule has 0 atom stereocenters. The third-order valence-electron chi connectivity index (χ3n) is 2.72. The molecule has 0 amide bonds. The Hall–Kier alpha value is -1.69. The first-order chi connectivity index (χ1) is 8.93. The second kappa shape index (κ2) is 5.13. The van der Waals surface area contributed by atoms with E-state index in [1.807, 2.05) is 0 Å². The van der Waals surface area contributed by atoms with Crippen LogP contribution in [0.4, 0.5) is 19.0 Å². The van der Waals surface area contributed by atoms with Gasteiger partial charge in [0.05, 0.1) is 11.3 Å². The van der Waals surface area contributed by atoms with Crippen molar-refractivity contribution < 1.29 is 13.2 Å². The van der Waals surface area contributed by atoms with Crippen LogP contribution in [-0.4, -0.2) is 4.98 Å². The second-order valence-electron chi connectivity index (χ2n) is 4.02. The standard InChI is InChI=1S/C13H11F3N2S/c1-8-4-2-3-5-9(8)12-10(13(14,15)16)6-7-11(17-12)18-19/h2-7,19H,1H3,(H,17,18). The average Bonchev–Trinajstić information content (AvgIpc) is 2.37. The van der Waals surface area contributed by atoms with E-state index in [-0.39, 0.29) is 11.5 Å². The molecule has 0 aliphatic carbocycles. The number of nitrogens with zero attached hydrogens (tertiary/aromatic N) is 1. The number of hydrogen-bond donors (Lipinski definition) is 2. The van der Waals surface area contributed by atoms with Gasteiger partial charge in [0.15, 0.2) is 0 Å². The molecule has 2 rings (SSSR count). The highest BCUT2D eigenvalue weighted by Crippen LogP contribution is 2.37. The van der Waals surface area contributed by atoms with Gasteiger partial charge in [-0.2, -0.15) is 13.2 Å². The zero-order chi connectivity index (χ0) is 14.0. The van der Waals surface area contributed by atoms with Crippen molar-refractivity contribution in [2.75, 3.05) is 4.72 Å². The van der Waals surface area contributed by atoms with E-state index in [9.17, 15) is 13.2 Å². The topological polar surface area (TPSA) is 24.9 Å². The molecule has 1 heterocycles. The number of rotatable bonds is 2. The van der Waals surface area contributed by atoms with Crippen LogP contribution in [-0.2, 0) is 6.18 Å². The van der Waals surface area contributed by atoms with Crippen molar-refractivity contribution in [3.05, 3.63) is 47.5 Å². The van der Waals surface area contributed by atoms with E-state index in [0.717, 1.165) is 11.6 Å². The van der Waals surface area contributed by atoms with Crippen molar-refractivity contribution in [3.8, 4) is 11.3 Å². The second-order valence-corrected chi connectivity index (χ2v) is 4.24. The highest BCUT2D eigenvalue weighted by atomic mass is 32.1. The summed E-state index contributed by atoms with van der Waals surface area (Å²) in [6.45, 7) is 1.75. The van der Waals surface area contributed by atoms with E-state index >= 15 is 0 Å². The molecule has 0 spiro atoms. The average molecular weight is 284 g/mol. The number of anilines is 1. The maximum Gasteiger partial charge on any atom is 0.418 e. The number of nitrogens with one attached hydrogen (secondary N) is 1. The molecule has 19 heavy (non-hydrogen) atoms. The Morgan fingerprint density at radius 2 is 1.79 bits per heavy atom. The molecule has 6 heteroatoms. The Labute approximate surface area is 114 Å². The molecule has 0 fully saturated rings. The van der Waals surface area contributed by atoms with Crippen LogP contribution in [0.2, 0.25) is 0 Å². The monoisotopic (exact) mass is 284 g/mol. The van der Waals surface area contributed by atoms with Crippen molar-refractivity contribution >= 4 is 18.6 Å². The Kier molecular flexibility index (Phi) is 3.71. The third kappa shape index (κ3) is 2.84. The number of aryl methyl sites for hydroxylation is 1. The molecule has 0 unspecified atom stereocenters. The van der Waals surface area contributed by atoms with Gasteiger partial charge >= 0.3 is 6.18 Å². The summed E-state index contributed by atoms with van der Waals surface area (Å²) >= 11 is 3.81. The molecule has 0 radical (unpaired) electrons. The maximum absolute atomic E-state index is 13.0. The van der Waals surface area contributed by atoms with Crippen molar-refractivity contribution in [1.82, 2.24) is 4.98 Å². The van der Waals surface area contributed by atoms with Crippen molar-refractivity contribution in [1.29, 1.82) is 0 Å². The Morgan fingerprint density at radius 3 is 2.37 bits per heavy atom. The summed E-state index contributed by atoms with van der Waals surface area (Å²) in [6, 6.07) is 9.08. The molecule has 2 nitrogen and oxygen atoms in total. The number of benzene rings is 1. The fourth-order valence-corrected chi connectivity index (χ4v) is 1.92. The number of alkyl halides is 3. The molecule has 0 bridgehead atoms. The van der Waals surface area contributed by atoms with Gasteiger partial charge in [0, 0.05) is 5.56 Å². The van der Waals surface area contributed by atoms with E-state index in [0.29, 0.717) is 5.56 Å². The molecular weight excluding hydrogens is 273 g/mol. The fraction of sp³-hybridized carbons (Fsp3) is 0.154. The molecule has 1 aromatic heterocycles. The SMILES string of the molecule is Cc1ccccc1-c1nc(NS)ccc1C(F)(F)F. The lowest BCUT2D eigenvalue weighted by Crippen LogP contribution is -2.09. The summed E-state index contributed by atoms with van der Waals surface area (Å²) in [4.78, 5) is 3.98. The van der Waals surface area contributed by atoms with Gasteiger partial charge in [-0.25, -0.2) is 4.98 Å². The summed E-state index contributed by atoms with van der Waals surface area (Å²) in [6.07, 6.45) is -4.44. The molecule has 0 saturated heterocycles. The van der Waals surface area contributed by atoms with Gasteiger partial charge in [-0.1, -0.05) is 37.1 Å². The van der Waals surface area contributed by atoms with Gasteiger partial charge in [-0.3, -0.25) is 0 Å². The molecule has 0 aliphatic heterocycles. The van der Waals surface area contributed by atoms with Gasteiger partial charge in [-0.15, -0.1) is 0 Å². The minimum absolute atomic E-state index is 0.0929. The van der Waals surface area contributed by atoms with Crippen LogP contribution in [0, 0.1) is 6.92 Å². The third-order valence-corrected chi connectivity index (χ3v) is 2.94. The van der Waals surface area contributed by atoms with E-state index in [1.54, 1.807) is 31.2 Å². The molecule has 100 valence electrons. The molecule has 1 N–H and O–H groups in total. The number of pyridine rings is 1. The van der Waals surface area contributed by atoms with E-state index in [2.05, 4.69) is 22.5 Å². The fourth-order valence-electron chi connectivity index (χ4n) is 1.79. The Balaban J connectivity index is 2.69. The maximum atomic E-state index is 13.0. The van der Waals surface area contributed by atoms with Crippen molar-refractivity contribution in [3.63, 3.8) is 0 Å². The Morgan fingerprint density at radius 1 is 1.11 bits per heavy atom. The lowest BCUT2D eigenvalue weighted by Gasteiger charge is -2.14. The quantitative estimate of drug-likeness (QED) is 0.802. The molecule has 0 aliphatic rings. The summed E-state index contributed by atoms with van der Waals surface area (Å²) in [5.74, 6) is 0.273. The van der Waals surface area contributed by atoms with Gasteiger partial charge in [0.2, 0.25) is 0 Å². The predicted octanol–water partition coefficient (Wildman–Crippen LogP) is 4.33. The summed E-state index contributed by atoms with van der Waals surface area (Å²) in [7, 11) is 0. The zero-order valence-electron chi connectivity index (χ0n) is 9.99. The summed E-state index contributed by atoms with van der Waals surface area (Å²) in [5.41, 5.74) is 0.343.